The van der Waals surface area contributed by atoms with E-state index in [1.807, 2.05) is 6.92 Å². The molecule has 1 saturated carbocycles. The molecule has 0 radical (unpaired) electrons. The monoisotopic (exact) mass is 292 g/mol. The minimum Gasteiger partial charge on any atom is -0.504 e. The summed E-state index contributed by atoms with van der Waals surface area (Å²) in [4.78, 5) is 23.3. The van der Waals surface area contributed by atoms with Gasteiger partial charge in [0.2, 0.25) is 5.78 Å². The lowest BCUT2D eigenvalue weighted by atomic mass is 9.54. The van der Waals surface area contributed by atoms with E-state index in [9.17, 15) is 14.7 Å². The molecule has 0 saturated heterocycles. The van der Waals surface area contributed by atoms with Gasteiger partial charge in [0.25, 0.3) is 0 Å². The summed E-state index contributed by atoms with van der Waals surface area (Å²) in [5, 5.41) is 19.4. The van der Waals surface area contributed by atoms with Crippen LogP contribution in [-0.4, -0.2) is 22.0 Å². The molecule has 0 aromatic heterocycles. The van der Waals surface area contributed by atoms with Gasteiger partial charge in [-0.15, -0.1) is 0 Å². The van der Waals surface area contributed by atoms with Crippen LogP contribution < -0.4 is 0 Å². The number of fused-ring (bicyclic) bond motifs is 1. The number of rotatable bonds is 3. The van der Waals surface area contributed by atoms with Crippen LogP contribution in [0.2, 0.25) is 0 Å². The van der Waals surface area contributed by atoms with Crippen LogP contribution in [0.1, 0.15) is 59.8 Å². The number of aliphatic hydroxyl groups is 1. The predicted octanol–water partition coefficient (Wildman–Crippen LogP) is 3.78. The molecule has 0 bridgehead atoms. The van der Waals surface area contributed by atoms with Gasteiger partial charge in [0, 0.05) is 17.4 Å². The quantitative estimate of drug-likeness (QED) is 0.830. The van der Waals surface area contributed by atoms with Crippen molar-refractivity contribution in [1.29, 1.82) is 0 Å². The van der Waals surface area contributed by atoms with Gasteiger partial charge in [-0.2, -0.15) is 0 Å². The highest BCUT2D eigenvalue weighted by molar-refractivity contribution is 6.09. The topological polar surface area (TPSA) is 74.6 Å². The van der Waals surface area contributed by atoms with Crippen LogP contribution in [0.4, 0.5) is 0 Å². The van der Waals surface area contributed by atoms with Crippen molar-refractivity contribution in [2.75, 3.05) is 0 Å². The highest BCUT2D eigenvalue weighted by Crippen LogP contribution is 2.58. The van der Waals surface area contributed by atoms with Gasteiger partial charge in [-0.05, 0) is 37.2 Å². The summed E-state index contributed by atoms with van der Waals surface area (Å²) in [6.45, 7) is 7.86. The molecule has 0 spiro atoms. The van der Waals surface area contributed by atoms with Crippen LogP contribution >= 0.6 is 0 Å². The van der Waals surface area contributed by atoms with Gasteiger partial charge in [-0.3, -0.25) is 9.59 Å². The second kappa shape index (κ2) is 5.00. The Hall–Kier alpha value is -1.58. The molecule has 2 aliphatic carbocycles. The van der Waals surface area contributed by atoms with E-state index in [2.05, 4.69) is 13.8 Å². The molecule has 1 atom stereocenters. The number of hydrogen-bond acceptors (Lipinski definition) is 3. The third-order valence-electron chi connectivity index (χ3n) is 5.21. The second-order valence-corrected chi connectivity index (χ2v) is 7.12. The van der Waals surface area contributed by atoms with Crippen LogP contribution in [0, 0.1) is 10.8 Å². The average molecular weight is 292 g/mol. The van der Waals surface area contributed by atoms with Gasteiger partial charge in [0.1, 0.15) is 0 Å². The average Bonchev–Trinajstić information content (AvgIpc) is 2.34. The van der Waals surface area contributed by atoms with Gasteiger partial charge in [0.15, 0.2) is 5.76 Å². The summed E-state index contributed by atoms with van der Waals surface area (Å²) in [5.74, 6) is -1.31. The fourth-order valence-corrected chi connectivity index (χ4v) is 4.30. The van der Waals surface area contributed by atoms with Crippen molar-refractivity contribution >= 4 is 11.8 Å². The first-order valence-corrected chi connectivity index (χ1v) is 7.52. The zero-order valence-electron chi connectivity index (χ0n) is 13.2. The molecule has 0 aromatic carbocycles. The van der Waals surface area contributed by atoms with Crippen LogP contribution in [0.15, 0.2) is 22.5 Å². The van der Waals surface area contributed by atoms with E-state index >= 15 is 0 Å². The van der Waals surface area contributed by atoms with E-state index in [1.54, 1.807) is 6.92 Å². The SMILES string of the molecule is CC1=C(CCC(=O)O)[C@@]2(C)CCCC(C)(C)C2=C(O)C1=O. The summed E-state index contributed by atoms with van der Waals surface area (Å²) in [7, 11) is 0. The largest absolute Gasteiger partial charge is 0.504 e. The van der Waals surface area contributed by atoms with E-state index in [0.717, 1.165) is 30.4 Å². The summed E-state index contributed by atoms with van der Waals surface area (Å²) in [5.41, 5.74) is 1.60. The molecule has 4 nitrogen and oxygen atoms in total. The number of carbonyl (C=O) groups excluding carboxylic acids is 1. The van der Waals surface area contributed by atoms with Crippen molar-refractivity contribution in [2.24, 2.45) is 10.8 Å². The molecule has 0 unspecified atom stereocenters. The second-order valence-electron chi connectivity index (χ2n) is 7.12. The minimum atomic E-state index is -0.859. The molecule has 2 rings (SSSR count). The number of carboxylic acids is 1. The summed E-state index contributed by atoms with van der Waals surface area (Å²) in [6.07, 6.45) is 3.19. The molecule has 2 aliphatic rings. The number of hydrogen-bond donors (Lipinski definition) is 2. The van der Waals surface area contributed by atoms with Crippen molar-refractivity contribution in [3.63, 3.8) is 0 Å². The standard InChI is InChI=1S/C17H24O4/c1-10-11(6-7-12(18)19)17(4)9-5-8-16(2,3)15(17)14(21)13(10)20/h21H,5-9H2,1-4H3,(H,18,19)/t17-/m1/s1. The number of ketones is 1. The van der Waals surface area contributed by atoms with Crippen LogP contribution in [0.5, 0.6) is 0 Å². The summed E-state index contributed by atoms with van der Waals surface area (Å²) >= 11 is 0. The first-order valence-electron chi connectivity index (χ1n) is 7.52. The van der Waals surface area contributed by atoms with Gasteiger partial charge < -0.3 is 10.2 Å². The Morgan fingerprint density at radius 2 is 1.86 bits per heavy atom. The molecular weight excluding hydrogens is 268 g/mol. The molecule has 0 aliphatic heterocycles. The first-order chi connectivity index (χ1) is 9.61. The third kappa shape index (κ3) is 2.41. The van der Waals surface area contributed by atoms with E-state index in [1.165, 1.54) is 0 Å². The van der Waals surface area contributed by atoms with Gasteiger partial charge >= 0.3 is 5.97 Å². The predicted molar refractivity (Wildman–Crippen MR) is 80.0 cm³/mol. The van der Waals surface area contributed by atoms with Crippen molar-refractivity contribution in [2.45, 2.75) is 59.8 Å². The molecule has 0 aromatic rings. The highest BCUT2D eigenvalue weighted by Gasteiger charge is 2.50. The lowest BCUT2D eigenvalue weighted by molar-refractivity contribution is -0.137. The maximum Gasteiger partial charge on any atom is 0.303 e. The summed E-state index contributed by atoms with van der Waals surface area (Å²) in [6, 6.07) is 0. The Balaban J connectivity index is 2.56. The number of carboxylic acid groups (broad SMARTS) is 1. The Bertz CT molecular complexity index is 565. The minimum absolute atomic E-state index is 0.0179. The Kier molecular flexibility index (Phi) is 3.77. The molecular formula is C17H24O4. The first kappa shape index (κ1) is 15.8. The number of aliphatic hydroxyl groups excluding tert-OH is 1. The molecule has 116 valence electrons. The lowest BCUT2D eigenvalue weighted by Crippen LogP contribution is -2.41. The number of carbonyl (C=O) groups is 2. The smallest absolute Gasteiger partial charge is 0.303 e. The number of aliphatic carboxylic acids is 1. The van der Waals surface area contributed by atoms with Crippen LogP contribution in [0.25, 0.3) is 0 Å². The van der Waals surface area contributed by atoms with Crippen LogP contribution in [-0.2, 0) is 9.59 Å². The number of allylic oxidation sites excluding steroid dienone is 3. The highest BCUT2D eigenvalue weighted by atomic mass is 16.4. The van der Waals surface area contributed by atoms with E-state index < -0.39 is 5.97 Å². The van der Waals surface area contributed by atoms with Crippen molar-refractivity contribution in [3.05, 3.63) is 22.5 Å². The Morgan fingerprint density at radius 3 is 2.43 bits per heavy atom. The maximum atomic E-state index is 12.4. The fourth-order valence-electron chi connectivity index (χ4n) is 4.30. The zero-order chi connectivity index (χ0) is 16.0. The fraction of sp³-hybridized carbons (Fsp3) is 0.647. The zero-order valence-corrected chi connectivity index (χ0v) is 13.2. The molecule has 1 fully saturated rings. The van der Waals surface area contributed by atoms with E-state index in [0.29, 0.717) is 12.0 Å². The van der Waals surface area contributed by atoms with Crippen molar-refractivity contribution in [1.82, 2.24) is 0 Å². The molecule has 4 heteroatoms. The molecule has 2 N–H and O–H groups in total. The van der Waals surface area contributed by atoms with Crippen molar-refractivity contribution in [3.8, 4) is 0 Å². The maximum absolute atomic E-state index is 12.4. The van der Waals surface area contributed by atoms with Crippen LogP contribution in [0.3, 0.4) is 0 Å². The third-order valence-corrected chi connectivity index (χ3v) is 5.21. The van der Waals surface area contributed by atoms with E-state index in [4.69, 9.17) is 5.11 Å². The Morgan fingerprint density at radius 1 is 1.24 bits per heavy atom. The number of Topliss-reactive ketones (excluding diaryl/α,β-unsaturated/α-hetero) is 1. The normalized spacial score (nSPS) is 28.7. The Labute approximate surface area is 125 Å². The molecule has 0 heterocycles. The lowest BCUT2D eigenvalue weighted by Gasteiger charge is -2.49. The molecule has 21 heavy (non-hydrogen) atoms. The van der Waals surface area contributed by atoms with Gasteiger partial charge in [0.05, 0.1) is 0 Å². The molecule has 0 amide bonds. The van der Waals surface area contributed by atoms with Gasteiger partial charge in [-0.25, -0.2) is 0 Å². The van der Waals surface area contributed by atoms with Gasteiger partial charge in [-0.1, -0.05) is 32.8 Å². The van der Waals surface area contributed by atoms with E-state index in [-0.39, 0.29) is 28.8 Å². The van der Waals surface area contributed by atoms with Crippen molar-refractivity contribution < 1.29 is 19.8 Å². The summed E-state index contributed by atoms with van der Waals surface area (Å²) < 4.78 is 0.